The SMILES string of the molecule is COc1ccc(NC2CC(c3ccc(C)cc3)C2)cc1Cl. The molecule has 2 aromatic rings. The molecule has 0 bridgehead atoms. The molecule has 3 heteroatoms. The van der Waals surface area contributed by atoms with Crippen LogP contribution < -0.4 is 10.1 Å². The number of aryl methyl sites for hydroxylation is 1. The van der Waals surface area contributed by atoms with Crippen LogP contribution in [0.1, 0.15) is 29.9 Å². The number of hydrogen-bond acceptors (Lipinski definition) is 2. The third-order valence-electron chi connectivity index (χ3n) is 4.21. The van der Waals surface area contributed by atoms with Crippen LogP contribution in [0.2, 0.25) is 5.02 Å². The molecule has 0 saturated heterocycles. The minimum Gasteiger partial charge on any atom is -0.495 e. The number of hydrogen-bond donors (Lipinski definition) is 1. The van der Waals surface area contributed by atoms with Gasteiger partial charge in [-0.05, 0) is 49.4 Å². The zero-order chi connectivity index (χ0) is 14.8. The molecule has 21 heavy (non-hydrogen) atoms. The second-order valence-electron chi connectivity index (χ2n) is 5.77. The average molecular weight is 302 g/mol. The van der Waals surface area contributed by atoms with Gasteiger partial charge in [0, 0.05) is 11.7 Å². The molecule has 0 heterocycles. The second kappa shape index (κ2) is 5.98. The number of methoxy groups -OCH3 is 1. The van der Waals surface area contributed by atoms with Crippen molar-refractivity contribution in [1.82, 2.24) is 0 Å². The lowest BCUT2D eigenvalue weighted by Gasteiger charge is -2.37. The molecule has 0 atom stereocenters. The maximum absolute atomic E-state index is 6.15. The monoisotopic (exact) mass is 301 g/mol. The van der Waals surface area contributed by atoms with Gasteiger partial charge in [-0.1, -0.05) is 41.4 Å². The highest BCUT2D eigenvalue weighted by molar-refractivity contribution is 6.32. The predicted molar refractivity (Wildman–Crippen MR) is 88.6 cm³/mol. The Bertz CT molecular complexity index is 618. The second-order valence-corrected chi connectivity index (χ2v) is 6.18. The summed E-state index contributed by atoms with van der Waals surface area (Å²) >= 11 is 6.15. The molecular weight excluding hydrogens is 282 g/mol. The first kappa shape index (κ1) is 14.3. The lowest BCUT2D eigenvalue weighted by atomic mass is 9.75. The molecule has 0 spiro atoms. The first-order chi connectivity index (χ1) is 10.2. The van der Waals surface area contributed by atoms with Crippen molar-refractivity contribution in [2.45, 2.75) is 31.7 Å². The van der Waals surface area contributed by atoms with E-state index in [4.69, 9.17) is 16.3 Å². The molecule has 0 radical (unpaired) electrons. The summed E-state index contributed by atoms with van der Waals surface area (Å²) in [5.41, 5.74) is 3.83. The van der Waals surface area contributed by atoms with Crippen molar-refractivity contribution >= 4 is 17.3 Å². The first-order valence-electron chi connectivity index (χ1n) is 7.32. The normalized spacial score (nSPS) is 20.7. The number of halogens is 1. The Morgan fingerprint density at radius 1 is 1.10 bits per heavy atom. The van der Waals surface area contributed by atoms with E-state index in [2.05, 4.69) is 36.5 Å². The lowest BCUT2D eigenvalue weighted by Crippen LogP contribution is -2.33. The highest BCUT2D eigenvalue weighted by Crippen LogP contribution is 2.39. The van der Waals surface area contributed by atoms with E-state index >= 15 is 0 Å². The molecule has 2 aromatic carbocycles. The lowest BCUT2D eigenvalue weighted by molar-refractivity contribution is 0.374. The molecule has 1 aliphatic rings. The number of anilines is 1. The van der Waals surface area contributed by atoms with Crippen LogP contribution in [0.15, 0.2) is 42.5 Å². The van der Waals surface area contributed by atoms with E-state index in [0.29, 0.717) is 22.7 Å². The Morgan fingerprint density at radius 2 is 1.81 bits per heavy atom. The first-order valence-corrected chi connectivity index (χ1v) is 7.70. The topological polar surface area (TPSA) is 21.3 Å². The molecular formula is C18H20ClNO. The molecule has 0 amide bonds. The van der Waals surface area contributed by atoms with E-state index in [1.165, 1.54) is 24.0 Å². The molecule has 110 valence electrons. The largest absolute Gasteiger partial charge is 0.495 e. The predicted octanol–water partition coefficient (Wildman–Crippen LogP) is 5.02. The van der Waals surface area contributed by atoms with Gasteiger partial charge in [-0.2, -0.15) is 0 Å². The van der Waals surface area contributed by atoms with Crippen molar-refractivity contribution in [3.05, 3.63) is 58.6 Å². The Morgan fingerprint density at radius 3 is 2.43 bits per heavy atom. The standard InChI is InChI=1S/C18H20ClNO/c1-12-3-5-13(6-4-12)14-9-16(10-14)20-15-7-8-18(21-2)17(19)11-15/h3-8,11,14,16,20H,9-10H2,1-2H3. The van der Waals surface area contributed by atoms with Crippen molar-refractivity contribution in [1.29, 1.82) is 0 Å². The third-order valence-corrected chi connectivity index (χ3v) is 4.50. The zero-order valence-corrected chi connectivity index (χ0v) is 13.2. The van der Waals surface area contributed by atoms with Crippen molar-refractivity contribution in [3.8, 4) is 5.75 Å². The van der Waals surface area contributed by atoms with Gasteiger partial charge in [0.05, 0.1) is 12.1 Å². The van der Waals surface area contributed by atoms with Gasteiger partial charge in [-0.25, -0.2) is 0 Å². The molecule has 1 N–H and O–H groups in total. The summed E-state index contributed by atoms with van der Waals surface area (Å²) in [6.07, 6.45) is 2.35. The van der Waals surface area contributed by atoms with Crippen LogP contribution in [0.3, 0.4) is 0 Å². The van der Waals surface area contributed by atoms with E-state index in [-0.39, 0.29) is 0 Å². The van der Waals surface area contributed by atoms with Gasteiger partial charge in [0.2, 0.25) is 0 Å². The highest BCUT2D eigenvalue weighted by atomic mass is 35.5. The maximum Gasteiger partial charge on any atom is 0.137 e. The van der Waals surface area contributed by atoms with E-state index in [0.717, 1.165) is 5.69 Å². The molecule has 0 aliphatic heterocycles. The molecule has 3 rings (SSSR count). The van der Waals surface area contributed by atoms with Gasteiger partial charge in [0.15, 0.2) is 0 Å². The summed E-state index contributed by atoms with van der Waals surface area (Å²) in [7, 11) is 1.63. The van der Waals surface area contributed by atoms with Crippen LogP contribution in [0.5, 0.6) is 5.75 Å². The van der Waals surface area contributed by atoms with E-state index in [9.17, 15) is 0 Å². The van der Waals surface area contributed by atoms with E-state index in [1.807, 2.05) is 18.2 Å². The van der Waals surface area contributed by atoms with Crippen molar-refractivity contribution in [2.24, 2.45) is 0 Å². The molecule has 0 aromatic heterocycles. The summed E-state index contributed by atoms with van der Waals surface area (Å²) < 4.78 is 5.17. The highest BCUT2D eigenvalue weighted by Gasteiger charge is 2.30. The fourth-order valence-corrected chi connectivity index (χ4v) is 3.10. The van der Waals surface area contributed by atoms with Crippen LogP contribution >= 0.6 is 11.6 Å². The Labute approximate surface area is 131 Å². The fraction of sp³-hybridized carbons (Fsp3) is 0.333. The van der Waals surface area contributed by atoms with Gasteiger partial charge in [-0.15, -0.1) is 0 Å². The van der Waals surface area contributed by atoms with Crippen molar-refractivity contribution in [2.75, 3.05) is 12.4 Å². The molecule has 1 fully saturated rings. The van der Waals surface area contributed by atoms with Crippen LogP contribution in [-0.4, -0.2) is 13.2 Å². The van der Waals surface area contributed by atoms with Crippen molar-refractivity contribution in [3.63, 3.8) is 0 Å². The summed E-state index contributed by atoms with van der Waals surface area (Å²) in [4.78, 5) is 0. The van der Waals surface area contributed by atoms with Gasteiger partial charge >= 0.3 is 0 Å². The average Bonchev–Trinajstić information content (AvgIpc) is 2.44. The maximum atomic E-state index is 6.15. The summed E-state index contributed by atoms with van der Waals surface area (Å²) in [5.74, 6) is 1.39. The Kier molecular flexibility index (Phi) is 4.07. The number of nitrogens with one attached hydrogen (secondary N) is 1. The summed E-state index contributed by atoms with van der Waals surface area (Å²) in [5, 5.41) is 4.19. The summed E-state index contributed by atoms with van der Waals surface area (Å²) in [6.45, 7) is 2.13. The number of rotatable bonds is 4. The number of ether oxygens (including phenoxy) is 1. The van der Waals surface area contributed by atoms with Crippen LogP contribution in [0.4, 0.5) is 5.69 Å². The fourth-order valence-electron chi connectivity index (χ4n) is 2.84. The van der Waals surface area contributed by atoms with E-state index in [1.54, 1.807) is 7.11 Å². The van der Waals surface area contributed by atoms with Gasteiger partial charge in [-0.3, -0.25) is 0 Å². The van der Waals surface area contributed by atoms with Gasteiger partial charge < -0.3 is 10.1 Å². The smallest absolute Gasteiger partial charge is 0.137 e. The van der Waals surface area contributed by atoms with Gasteiger partial charge in [0.1, 0.15) is 5.75 Å². The van der Waals surface area contributed by atoms with Crippen LogP contribution in [0.25, 0.3) is 0 Å². The van der Waals surface area contributed by atoms with E-state index < -0.39 is 0 Å². The molecule has 1 aliphatic carbocycles. The molecule has 1 saturated carbocycles. The Balaban J connectivity index is 1.57. The quantitative estimate of drug-likeness (QED) is 0.856. The minimum atomic E-state index is 0.528. The molecule has 2 nitrogen and oxygen atoms in total. The molecule has 0 unspecified atom stereocenters. The van der Waals surface area contributed by atoms with Crippen molar-refractivity contribution < 1.29 is 4.74 Å². The zero-order valence-electron chi connectivity index (χ0n) is 12.4. The Hall–Kier alpha value is -1.67. The van der Waals surface area contributed by atoms with Crippen LogP contribution in [0, 0.1) is 6.92 Å². The number of benzene rings is 2. The minimum absolute atomic E-state index is 0.528. The van der Waals surface area contributed by atoms with Gasteiger partial charge in [0.25, 0.3) is 0 Å². The summed E-state index contributed by atoms with van der Waals surface area (Å²) in [6, 6.07) is 15.3. The van der Waals surface area contributed by atoms with Crippen LogP contribution in [-0.2, 0) is 0 Å². The third kappa shape index (κ3) is 3.16.